The minimum absolute atomic E-state index is 0.0749. The average Bonchev–Trinajstić information content (AvgIpc) is 2.39. The van der Waals surface area contributed by atoms with Gasteiger partial charge >= 0.3 is 5.97 Å². The van der Waals surface area contributed by atoms with Crippen molar-refractivity contribution in [3.05, 3.63) is 34.1 Å². The van der Waals surface area contributed by atoms with Crippen molar-refractivity contribution >= 4 is 17.3 Å². The molecule has 20 heavy (non-hydrogen) atoms. The number of carbonyl (C=O) groups is 1. The molecule has 108 valence electrons. The Bertz CT molecular complexity index is 535. The molecule has 2 rings (SSSR count). The first-order valence-electron chi connectivity index (χ1n) is 6.41. The number of carboxylic acid groups (broad SMARTS) is 1. The number of aliphatic carboxylic acids is 1. The quantitative estimate of drug-likeness (QED) is 0.677. The lowest BCUT2D eigenvalue weighted by atomic mass is 9.98. The second-order valence-electron chi connectivity index (χ2n) is 4.83. The van der Waals surface area contributed by atoms with E-state index in [1.54, 1.807) is 4.90 Å². The van der Waals surface area contributed by atoms with Gasteiger partial charge in [0.25, 0.3) is 5.69 Å². The number of nitrogens with zero attached hydrogens (tertiary/aromatic N) is 2. The topological polar surface area (TPSA) is 83.7 Å². The Morgan fingerprint density at radius 3 is 2.90 bits per heavy atom. The number of anilines is 1. The molecule has 1 heterocycles. The predicted octanol–water partition coefficient (Wildman–Crippen LogP) is 2.57. The van der Waals surface area contributed by atoms with Gasteiger partial charge in [0.2, 0.25) is 0 Å². The van der Waals surface area contributed by atoms with E-state index in [1.807, 2.05) is 0 Å². The number of nitro groups is 1. The maximum atomic E-state index is 13.2. The van der Waals surface area contributed by atoms with Crippen molar-refractivity contribution in [1.82, 2.24) is 0 Å². The van der Waals surface area contributed by atoms with E-state index in [1.165, 1.54) is 6.07 Å². The molecule has 1 aromatic carbocycles. The summed E-state index contributed by atoms with van der Waals surface area (Å²) < 4.78 is 13.2. The number of hydrogen-bond donors (Lipinski definition) is 1. The maximum absolute atomic E-state index is 13.2. The molecule has 1 saturated heterocycles. The SMILES string of the molecule is O=C(O)CC1CCCCN1c1ccc(F)cc1[N+](=O)[O-]. The van der Waals surface area contributed by atoms with Crippen molar-refractivity contribution in [2.24, 2.45) is 0 Å². The molecule has 7 heteroatoms. The second-order valence-corrected chi connectivity index (χ2v) is 4.83. The van der Waals surface area contributed by atoms with E-state index >= 15 is 0 Å². The Morgan fingerprint density at radius 1 is 1.50 bits per heavy atom. The Morgan fingerprint density at radius 2 is 2.25 bits per heavy atom. The van der Waals surface area contributed by atoms with Crippen LogP contribution in [0.4, 0.5) is 15.8 Å². The van der Waals surface area contributed by atoms with Crippen LogP contribution < -0.4 is 4.90 Å². The van der Waals surface area contributed by atoms with Crippen LogP contribution in [0.3, 0.4) is 0 Å². The highest BCUT2D eigenvalue weighted by atomic mass is 19.1. The minimum atomic E-state index is -0.938. The number of halogens is 1. The van der Waals surface area contributed by atoms with Crippen molar-refractivity contribution in [2.45, 2.75) is 31.7 Å². The Labute approximate surface area is 115 Å². The summed E-state index contributed by atoms with van der Waals surface area (Å²) in [7, 11) is 0. The standard InChI is InChI=1S/C13H15FN2O4/c14-9-4-5-11(12(7-9)16(19)20)15-6-2-1-3-10(15)8-13(17)18/h4-5,7,10H,1-3,6,8H2,(H,17,18). The van der Waals surface area contributed by atoms with Crippen molar-refractivity contribution in [3.63, 3.8) is 0 Å². The zero-order chi connectivity index (χ0) is 14.7. The minimum Gasteiger partial charge on any atom is -0.481 e. The molecule has 1 aliphatic heterocycles. The van der Waals surface area contributed by atoms with Gasteiger partial charge in [0.15, 0.2) is 0 Å². The first-order valence-corrected chi connectivity index (χ1v) is 6.41. The van der Waals surface area contributed by atoms with Gasteiger partial charge in [-0.3, -0.25) is 14.9 Å². The van der Waals surface area contributed by atoms with E-state index in [9.17, 15) is 19.3 Å². The summed E-state index contributed by atoms with van der Waals surface area (Å²) in [5.74, 6) is -1.61. The van der Waals surface area contributed by atoms with Gasteiger partial charge in [-0.2, -0.15) is 0 Å². The van der Waals surface area contributed by atoms with Crippen LogP contribution in [0, 0.1) is 15.9 Å². The van der Waals surface area contributed by atoms with E-state index in [4.69, 9.17) is 5.11 Å². The molecule has 0 radical (unpaired) electrons. The second kappa shape index (κ2) is 5.85. The van der Waals surface area contributed by atoms with Crippen LogP contribution >= 0.6 is 0 Å². The van der Waals surface area contributed by atoms with Crippen LogP contribution in [0.1, 0.15) is 25.7 Å². The van der Waals surface area contributed by atoms with Gasteiger partial charge in [0.05, 0.1) is 17.4 Å². The fraction of sp³-hybridized carbons (Fsp3) is 0.462. The van der Waals surface area contributed by atoms with Gasteiger partial charge < -0.3 is 10.0 Å². The van der Waals surface area contributed by atoms with Crippen LogP contribution in [0.2, 0.25) is 0 Å². The number of benzene rings is 1. The molecule has 0 aliphatic carbocycles. The lowest BCUT2D eigenvalue weighted by Gasteiger charge is -2.36. The largest absolute Gasteiger partial charge is 0.481 e. The van der Waals surface area contributed by atoms with Gasteiger partial charge in [-0.25, -0.2) is 4.39 Å². The Kier molecular flexibility index (Phi) is 4.16. The summed E-state index contributed by atoms with van der Waals surface area (Å²) in [6.07, 6.45) is 2.32. The molecule has 0 bridgehead atoms. The highest BCUT2D eigenvalue weighted by Gasteiger charge is 2.29. The third-order valence-electron chi connectivity index (χ3n) is 3.48. The summed E-state index contributed by atoms with van der Waals surface area (Å²) in [5, 5.41) is 20.0. The normalized spacial score (nSPS) is 18.9. The number of rotatable bonds is 4. The molecule has 1 N–H and O–H groups in total. The molecule has 0 aromatic heterocycles. The number of hydrogen-bond acceptors (Lipinski definition) is 4. The van der Waals surface area contributed by atoms with E-state index in [2.05, 4.69) is 0 Å². The van der Waals surface area contributed by atoms with Crippen LogP contribution in [0.15, 0.2) is 18.2 Å². The van der Waals surface area contributed by atoms with Crippen molar-refractivity contribution in [3.8, 4) is 0 Å². The molecule has 1 atom stereocenters. The number of nitro benzene ring substituents is 1. The summed E-state index contributed by atoms with van der Waals surface area (Å²) in [4.78, 5) is 23.0. The fourth-order valence-corrected chi connectivity index (χ4v) is 2.62. The van der Waals surface area contributed by atoms with Crippen LogP contribution in [0.5, 0.6) is 0 Å². The van der Waals surface area contributed by atoms with Gasteiger partial charge in [0.1, 0.15) is 11.5 Å². The van der Waals surface area contributed by atoms with Gasteiger partial charge in [-0.1, -0.05) is 0 Å². The van der Waals surface area contributed by atoms with E-state index in [0.717, 1.165) is 25.0 Å². The van der Waals surface area contributed by atoms with Crippen LogP contribution in [0.25, 0.3) is 0 Å². The summed E-state index contributed by atoms with van der Waals surface area (Å²) in [6.45, 7) is 0.546. The lowest BCUT2D eigenvalue weighted by molar-refractivity contribution is -0.384. The first kappa shape index (κ1) is 14.2. The predicted molar refractivity (Wildman–Crippen MR) is 70.3 cm³/mol. The smallest absolute Gasteiger partial charge is 0.305 e. The molecular weight excluding hydrogens is 267 g/mol. The Hall–Kier alpha value is -2.18. The molecule has 0 spiro atoms. The highest BCUT2D eigenvalue weighted by Crippen LogP contribution is 2.34. The maximum Gasteiger partial charge on any atom is 0.305 e. The van der Waals surface area contributed by atoms with Crippen molar-refractivity contribution in [1.29, 1.82) is 0 Å². The van der Waals surface area contributed by atoms with Gasteiger partial charge in [-0.05, 0) is 31.4 Å². The zero-order valence-electron chi connectivity index (χ0n) is 10.8. The number of piperidine rings is 1. The summed E-state index contributed by atoms with van der Waals surface area (Å²) >= 11 is 0. The lowest BCUT2D eigenvalue weighted by Crippen LogP contribution is -2.41. The molecule has 0 amide bonds. The van der Waals surface area contributed by atoms with Gasteiger partial charge in [0, 0.05) is 12.6 Å². The molecule has 1 unspecified atom stereocenters. The number of carboxylic acids is 1. The summed E-state index contributed by atoms with van der Waals surface area (Å²) in [6, 6.07) is 3.11. The third kappa shape index (κ3) is 3.04. The van der Waals surface area contributed by atoms with E-state index in [0.29, 0.717) is 18.7 Å². The monoisotopic (exact) mass is 282 g/mol. The molecule has 1 fully saturated rings. The van der Waals surface area contributed by atoms with E-state index < -0.39 is 16.7 Å². The fourth-order valence-electron chi connectivity index (χ4n) is 2.62. The third-order valence-corrected chi connectivity index (χ3v) is 3.48. The first-order chi connectivity index (χ1) is 9.49. The van der Waals surface area contributed by atoms with Crippen molar-refractivity contribution < 1.29 is 19.2 Å². The summed E-state index contributed by atoms with van der Waals surface area (Å²) in [5.41, 5.74) is -0.0235. The van der Waals surface area contributed by atoms with Gasteiger partial charge in [-0.15, -0.1) is 0 Å². The average molecular weight is 282 g/mol. The van der Waals surface area contributed by atoms with E-state index in [-0.39, 0.29) is 18.2 Å². The highest BCUT2D eigenvalue weighted by molar-refractivity contribution is 5.70. The molecule has 0 saturated carbocycles. The van der Waals surface area contributed by atoms with Crippen LogP contribution in [-0.4, -0.2) is 28.6 Å². The molecular formula is C13H15FN2O4. The molecule has 1 aliphatic rings. The van der Waals surface area contributed by atoms with Crippen LogP contribution in [-0.2, 0) is 4.79 Å². The van der Waals surface area contributed by atoms with Crippen molar-refractivity contribution in [2.75, 3.05) is 11.4 Å². The molecule has 1 aromatic rings. The molecule has 6 nitrogen and oxygen atoms in total. The Balaban J connectivity index is 2.36. The zero-order valence-corrected chi connectivity index (χ0v) is 10.8.